The van der Waals surface area contributed by atoms with Crippen LogP contribution in [0.3, 0.4) is 0 Å². The molecule has 0 radical (unpaired) electrons. The van der Waals surface area contributed by atoms with E-state index in [0.29, 0.717) is 0 Å². The van der Waals surface area contributed by atoms with E-state index >= 15 is 0 Å². The van der Waals surface area contributed by atoms with Crippen LogP contribution in [0.5, 0.6) is 0 Å². The summed E-state index contributed by atoms with van der Waals surface area (Å²) in [7, 11) is 0. The maximum absolute atomic E-state index is 4.43. The van der Waals surface area contributed by atoms with Crippen LogP contribution in [-0.4, -0.2) is 14.5 Å². The lowest BCUT2D eigenvalue weighted by Gasteiger charge is -2.10. The minimum Gasteiger partial charge on any atom is -0.380 e. The van der Waals surface area contributed by atoms with Crippen LogP contribution in [0.4, 0.5) is 5.69 Å². The van der Waals surface area contributed by atoms with Gasteiger partial charge in [0.1, 0.15) is 0 Å². The molecular formula is C20H17BrN4. The van der Waals surface area contributed by atoms with Crippen molar-refractivity contribution >= 4 is 32.5 Å². The van der Waals surface area contributed by atoms with Crippen molar-refractivity contribution in [2.45, 2.75) is 13.1 Å². The predicted molar refractivity (Wildman–Crippen MR) is 105 cm³/mol. The van der Waals surface area contributed by atoms with Crippen LogP contribution in [0.15, 0.2) is 77.9 Å². The molecule has 0 saturated carbocycles. The fraction of sp³-hybridized carbons (Fsp3) is 0.100. The first-order valence-electron chi connectivity index (χ1n) is 8.10. The topological polar surface area (TPSA) is 42.7 Å². The van der Waals surface area contributed by atoms with Crippen molar-refractivity contribution < 1.29 is 0 Å². The maximum Gasteiger partial charge on any atom is 0.0949 e. The first-order chi connectivity index (χ1) is 12.3. The average molecular weight is 393 g/mol. The number of benzene rings is 2. The van der Waals surface area contributed by atoms with Gasteiger partial charge in [-0.2, -0.15) is 0 Å². The second kappa shape index (κ2) is 7.07. The van der Waals surface area contributed by atoms with Gasteiger partial charge in [0.15, 0.2) is 0 Å². The van der Waals surface area contributed by atoms with Crippen LogP contribution in [0.1, 0.15) is 11.1 Å². The zero-order valence-corrected chi connectivity index (χ0v) is 15.1. The molecule has 0 saturated heterocycles. The zero-order chi connectivity index (χ0) is 17.1. The molecule has 0 amide bonds. The average Bonchev–Trinajstić information content (AvgIpc) is 3.14. The number of fused-ring (bicyclic) bond motifs is 1. The van der Waals surface area contributed by atoms with Gasteiger partial charge in [0.05, 0.1) is 11.8 Å². The number of pyridine rings is 1. The van der Waals surface area contributed by atoms with Crippen molar-refractivity contribution in [2.75, 3.05) is 5.32 Å². The highest BCUT2D eigenvalue weighted by Crippen LogP contribution is 2.25. The summed E-state index contributed by atoms with van der Waals surface area (Å²) in [6.07, 6.45) is 7.45. The Labute approximate surface area is 154 Å². The summed E-state index contributed by atoms with van der Waals surface area (Å²) < 4.78 is 3.10. The van der Waals surface area contributed by atoms with Crippen molar-refractivity contribution in [3.8, 4) is 0 Å². The second-order valence-electron chi connectivity index (χ2n) is 5.93. The number of aromatic nitrogens is 3. The summed E-state index contributed by atoms with van der Waals surface area (Å²) in [6.45, 7) is 1.62. The molecule has 0 bridgehead atoms. The standard InChI is InChI=1S/C20H17BrN4/c21-17-5-6-18-19(7-8-23-20(18)11-17)24-12-15-1-3-16(4-2-15)13-25-10-9-22-14-25/h1-11,14H,12-13H2,(H,23,24). The number of nitrogens with one attached hydrogen (secondary N) is 1. The van der Waals surface area contributed by atoms with E-state index < -0.39 is 0 Å². The van der Waals surface area contributed by atoms with Gasteiger partial charge in [0.2, 0.25) is 0 Å². The summed E-state index contributed by atoms with van der Waals surface area (Å²) in [5, 5.41) is 4.65. The number of hydrogen-bond donors (Lipinski definition) is 1. The Balaban J connectivity index is 1.46. The third-order valence-corrected chi connectivity index (χ3v) is 4.63. The van der Waals surface area contributed by atoms with Crippen LogP contribution in [0.2, 0.25) is 0 Å². The van der Waals surface area contributed by atoms with Gasteiger partial charge in [-0.3, -0.25) is 4.98 Å². The van der Waals surface area contributed by atoms with Gasteiger partial charge in [-0.15, -0.1) is 0 Å². The molecule has 5 heteroatoms. The number of rotatable bonds is 5. The number of hydrogen-bond acceptors (Lipinski definition) is 3. The second-order valence-corrected chi connectivity index (χ2v) is 6.84. The smallest absolute Gasteiger partial charge is 0.0949 e. The molecule has 1 N–H and O–H groups in total. The van der Waals surface area contributed by atoms with E-state index in [4.69, 9.17) is 0 Å². The molecule has 124 valence electrons. The number of halogens is 1. The Morgan fingerprint density at radius 1 is 0.960 bits per heavy atom. The molecule has 2 aromatic heterocycles. The van der Waals surface area contributed by atoms with Crippen LogP contribution in [-0.2, 0) is 13.1 Å². The zero-order valence-electron chi connectivity index (χ0n) is 13.6. The van der Waals surface area contributed by atoms with Gasteiger partial charge in [0.25, 0.3) is 0 Å². The third-order valence-electron chi connectivity index (χ3n) is 4.14. The lowest BCUT2D eigenvalue weighted by Crippen LogP contribution is -2.01. The van der Waals surface area contributed by atoms with Gasteiger partial charge in [-0.1, -0.05) is 40.2 Å². The molecule has 0 unspecified atom stereocenters. The Morgan fingerprint density at radius 2 is 1.80 bits per heavy atom. The van der Waals surface area contributed by atoms with E-state index in [0.717, 1.165) is 34.2 Å². The molecule has 4 aromatic rings. The van der Waals surface area contributed by atoms with Crippen LogP contribution < -0.4 is 5.32 Å². The SMILES string of the molecule is Brc1ccc2c(NCc3ccc(Cn4ccnc4)cc3)ccnc2c1. The lowest BCUT2D eigenvalue weighted by atomic mass is 10.1. The van der Waals surface area contributed by atoms with E-state index in [-0.39, 0.29) is 0 Å². The first kappa shape index (κ1) is 15.8. The minimum absolute atomic E-state index is 0.778. The molecule has 4 nitrogen and oxygen atoms in total. The van der Waals surface area contributed by atoms with Gasteiger partial charge in [-0.25, -0.2) is 4.98 Å². The van der Waals surface area contributed by atoms with E-state index in [1.165, 1.54) is 11.1 Å². The van der Waals surface area contributed by atoms with Gasteiger partial charge in [-0.05, 0) is 35.4 Å². The molecule has 0 aliphatic carbocycles. The molecule has 0 atom stereocenters. The maximum atomic E-state index is 4.43. The number of anilines is 1. The third kappa shape index (κ3) is 3.72. The largest absolute Gasteiger partial charge is 0.380 e. The minimum atomic E-state index is 0.778. The summed E-state index contributed by atoms with van der Waals surface area (Å²) in [5.41, 5.74) is 4.59. The fourth-order valence-electron chi connectivity index (χ4n) is 2.83. The van der Waals surface area contributed by atoms with E-state index in [9.17, 15) is 0 Å². The van der Waals surface area contributed by atoms with Crippen molar-refractivity contribution in [3.05, 3.63) is 89.0 Å². The van der Waals surface area contributed by atoms with Gasteiger partial charge in [0, 0.05) is 47.2 Å². The molecule has 0 aliphatic rings. The van der Waals surface area contributed by atoms with Crippen molar-refractivity contribution in [1.29, 1.82) is 0 Å². The fourth-order valence-corrected chi connectivity index (χ4v) is 3.18. The Hall–Kier alpha value is -2.66. The molecule has 0 spiro atoms. The van der Waals surface area contributed by atoms with Crippen LogP contribution in [0.25, 0.3) is 10.9 Å². The number of nitrogens with zero attached hydrogens (tertiary/aromatic N) is 3. The van der Waals surface area contributed by atoms with E-state index in [1.54, 1.807) is 6.20 Å². The highest BCUT2D eigenvalue weighted by molar-refractivity contribution is 9.10. The molecule has 2 heterocycles. The number of imidazole rings is 1. The lowest BCUT2D eigenvalue weighted by molar-refractivity contribution is 0.797. The molecule has 4 rings (SSSR count). The highest BCUT2D eigenvalue weighted by Gasteiger charge is 2.03. The monoisotopic (exact) mass is 392 g/mol. The van der Waals surface area contributed by atoms with E-state index in [1.807, 2.05) is 36.9 Å². The van der Waals surface area contributed by atoms with Crippen LogP contribution in [0, 0.1) is 0 Å². The van der Waals surface area contributed by atoms with Crippen molar-refractivity contribution in [3.63, 3.8) is 0 Å². The Bertz CT molecular complexity index is 978. The summed E-state index contributed by atoms with van der Waals surface area (Å²) in [5.74, 6) is 0. The first-order valence-corrected chi connectivity index (χ1v) is 8.89. The molecular weight excluding hydrogens is 376 g/mol. The van der Waals surface area contributed by atoms with E-state index in [2.05, 4.69) is 66.1 Å². The Morgan fingerprint density at radius 3 is 2.60 bits per heavy atom. The molecule has 0 aliphatic heterocycles. The summed E-state index contributed by atoms with van der Waals surface area (Å²) >= 11 is 3.49. The van der Waals surface area contributed by atoms with Crippen molar-refractivity contribution in [2.24, 2.45) is 0 Å². The molecule has 0 fully saturated rings. The van der Waals surface area contributed by atoms with Crippen LogP contribution >= 0.6 is 15.9 Å². The van der Waals surface area contributed by atoms with Gasteiger partial charge >= 0.3 is 0 Å². The predicted octanol–water partition coefficient (Wildman–Crippen LogP) is 4.85. The summed E-state index contributed by atoms with van der Waals surface area (Å²) in [4.78, 5) is 8.50. The quantitative estimate of drug-likeness (QED) is 0.527. The van der Waals surface area contributed by atoms with Crippen molar-refractivity contribution in [1.82, 2.24) is 14.5 Å². The molecule has 25 heavy (non-hydrogen) atoms. The summed E-state index contributed by atoms with van der Waals surface area (Å²) in [6, 6.07) is 16.8. The van der Waals surface area contributed by atoms with Gasteiger partial charge < -0.3 is 9.88 Å². The molecule has 2 aromatic carbocycles. The normalized spacial score (nSPS) is 10.9. The highest BCUT2D eigenvalue weighted by atomic mass is 79.9. The Kier molecular flexibility index (Phi) is 4.48.